The molecular weight excluding hydrogens is 108 g/mol. The average molecular weight is 118 g/mol. The van der Waals surface area contributed by atoms with Crippen LogP contribution in [0.3, 0.4) is 0 Å². The Morgan fingerprint density at radius 3 is 2.43 bits per heavy atom. The lowest BCUT2D eigenvalue weighted by Gasteiger charge is -1.99. The molecule has 0 amide bonds. The molecule has 0 spiro atoms. The summed E-state index contributed by atoms with van der Waals surface area (Å²) in [7, 11) is 0. The summed E-state index contributed by atoms with van der Waals surface area (Å²) in [5.41, 5.74) is 0.440. The largest absolute Gasteiger partial charge is 0.364 e. The molecule has 0 N–H and O–H groups in total. The van der Waals surface area contributed by atoms with Crippen LogP contribution >= 0.6 is 11.8 Å². The van der Waals surface area contributed by atoms with E-state index >= 15 is 0 Å². The molecule has 0 bridgehead atoms. The Hall–Kier alpha value is 0.310. The Morgan fingerprint density at radius 2 is 2.29 bits per heavy atom. The van der Waals surface area contributed by atoms with Crippen LogP contribution in [0.25, 0.3) is 0 Å². The van der Waals surface area contributed by atoms with Crippen LogP contribution in [0.2, 0.25) is 0 Å². The fourth-order valence-electron chi connectivity index (χ4n) is 0.677. The highest BCUT2D eigenvalue weighted by Gasteiger charge is 2.16. The molecule has 0 aromatic carbocycles. The van der Waals surface area contributed by atoms with Crippen molar-refractivity contribution in [3.8, 4) is 0 Å². The molecule has 1 aliphatic heterocycles. The quantitative estimate of drug-likeness (QED) is 0.476. The summed E-state index contributed by atoms with van der Waals surface area (Å²) in [5.74, 6) is 1.17. The van der Waals surface area contributed by atoms with E-state index in [4.69, 9.17) is 4.74 Å². The fourth-order valence-corrected chi connectivity index (χ4v) is 1.57. The SMILES string of the molecule is C[C@@H]1CS[C@H](C)O1. The summed E-state index contributed by atoms with van der Waals surface area (Å²) < 4.78 is 5.32. The molecule has 2 atom stereocenters. The van der Waals surface area contributed by atoms with Crippen molar-refractivity contribution in [2.75, 3.05) is 5.75 Å². The highest BCUT2D eigenvalue weighted by Crippen LogP contribution is 2.23. The molecule has 2 heteroatoms. The van der Waals surface area contributed by atoms with Gasteiger partial charge < -0.3 is 4.74 Å². The Balaban J connectivity index is 2.26. The molecule has 0 aliphatic carbocycles. The molecule has 0 saturated carbocycles. The minimum Gasteiger partial charge on any atom is -0.364 e. The van der Waals surface area contributed by atoms with Gasteiger partial charge >= 0.3 is 0 Å². The van der Waals surface area contributed by atoms with Crippen LogP contribution in [0.5, 0.6) is 0 Å². The summed E-state index contributed by atoms with van der Waals surface area (Å²) in [5, 5.41) is 0. The number of hydrogen-bond donors (Lipinski definition) is 0. The molecule has 7 heavy (non-hydrogen) atoms. The van der Waals surface area contributed by atoms with Crippen molar-refractivity contribution in [3.05, 3.63) is 0 Å². The van der Waals surface area contributed by atoms with Gasteiger partial charge in [0.05, 0.1) is 6.10 Å². The molecule has 0 aromatic rings. The van der Waals surface area contributed by atoms with Gasteiger partial charge in [0.15, 0.2) is 0 Å². The van der Waals surface area contributed by atoms with E-state index in [1.165, 1.54) is 5.75 Å². The second-order valence-electron chi connectivity index (χ2n) is 1.85. The maximum absolute atomic E-state index is 5.32. The third-order valence-corrected chi connectivity index (χ3v) is 2.23. The first-order valence-corrected chi connectivity index (χ1v) is 3.61. The number of thioether (sulfide) groups is 1. The van der Waals surface area contributed by atoms with E-state index in [0.717, 1.165) is 0 Å². The van der Waals surface area contributed by atoms with Gasteiger partial charge in [0, 0.05) is 5.75 Å². The van der Waals surface area contributed by atoms with E-state index < -0.39 is 0 Å². The second-order valence-corrected chi connectivity index (χ2v) is 3.18. The van der Waals surface area contributed by atoms with Crippen LogP contribution in [-0.2, 0) is 4.74 Å². The molecule has 0 radical (unpaired) electrons. The molecule has 1 nitrogen and oxygen atoms in total. The van der Waals surface area contributed by atoms with E-state index in [-0.39, 0.29) is 0 Å². The van der Waals surface area contributed by atoms with Crippen molar-refractivity contribution >= 4 is 11.8 Å². The zero-order valence-electron chi connectivity index (χ0n) is 4.68. The minimum absolute atomic E-state index is 0.440. The van der Waals surface area contributed by atoms with Crippen molar-refractivity contribution in [1.29, 1.82) is 0 Å². The van der Waals surface area contributed by atoms with Gasteiger partial charge in [0.2, 0.25) is 0 Å². The predicted octanol–water partition coefficient (Wildman–Crippen LogP) is 1.48. The second kappa shape index (κ2) is 2.05. The molecule has 0 unspecified atom stereocenters. The van der Waals surface area contributed by atoms with Gasteiger partial charge in [-0.1, -0.05) is 0 Å². The summed E-state index contributed by atoms with van der Waals surface area (Å²) in [6.07, 6.45) is 0.486. The van der Waals surface area contributed by atoms with Crippen LogP contribution in [0, 0.1) is 0 Å². The lowest BCUT2D eigenvalue weighted by molar-refractivity contribution is 0.0887. The van der Waals surface area contributed by atoms with Crippen molar-refractivity contribution in [2.24, 2.45) is 0 Å². The lowest BCUT2D eigenvalue weighted by Crippen LogP contribution is -2.03. The smallest absolute Gasteiger partial charge is 0.100 e. The Labute approximate surface area is 48.4 Å². The first kappa shape index (κ1) is 5.45. The number of rotatable bonds is 0. The first-order valence-electron chi connectivity index (χ1n) is 2.56. The van der Waals surface area contributed by atoms with Gasteiger partial charge in [-0.15, -0.1) is 11.8 Å². The summed E-state index contributed by atoms with van der Waals surface area (Å²) in [6.45, 7) is 4.20. The minimum atomic E-state index is 0.440. The van der Waals surface area contributed by atoms with Crippen LogP contribution in [0.1, 0.15) is 13.8 Å². The third kappa shape index (κ3) is 1.35. The molecular formula is C5H10OS. The maximum Gasteiger partial charge on any atom is 0.100 e. The molecule has 1 fully saturated rings. The van der Waals surface area contributed by atoms with E-state index in [0.29, 0.717) is 11.5 Å². The van der Waals surface area contributed by atoms with E-state index in [9.17, 15) is 0 Å². The topological polar surface area (TPSA) is 9.23 Å². The van der Waals surface area contributed by atoms with Crippen LogP contribution in [0.15, 0.2) is 0 Å². The Morgan fingerprint density at radius 1 is 1.57 bits per heavy atom. The fraction of sp³-hybridized carbons (Fsp3) is 1.00. The number of hydrogen-bond acceptors (Lipinski definition) is 2. The van der Waals surface area contributed by atoms with Crippen molar-refractivity contribution in [3.63, 3.8) is 0 Å². The molecule has 1 heterocycles. The van der Waals surface area contributed by atoms with Crippen molar-refractivity contribution in [2.45, 2.75) is 25.4 Å². The molecule has 42 valence electrons. The molecule has 1 saturated heterocycles. The van der Waals surface area contributed by atoms with Gasteiger partial charge in [-0.05, 0) is 13.8 Å². The number of ether oxygens (including phenoxy) is 1. The van der Waals surface area contributed by atoms with Gasteiger partial charge in [0.1, 0.15) is 5.44 Å². The van der Waals surface area contributed by atoms with Crippen LogP contribution in [0.4, 0.5) is 0 Å². The maximum atomic E-state index is 5.32. The van der Waals surface area contributed by atoms with Crippen molar-refractivity contribution in [1.82, 2.24) is 0 Å². The third-order valence-electron chi connectivity index (χ3n) is 0.990. The monoisotopic (exact) mass is 118 g/mol. The van der Waals surface area contributed by atoms with E-state index in [1.54, 1.807) is 0 Å². The zero-order chi connectivity index (χ0) is 5.28. The zero-order valence-corrected chi connectivity index (χ0v) is 5.49. The molecule has 0 aromatic heterocycles. The van der Waals surface area contributed by atoms with Gasteiger partial charge in [-0.3, -0.25) is 0 Å². The van der Waals surface area contributed by atoms with E-state index in [1.807, 2.05) is 11.8 Å². The van der Waals surface area contributed by atoms with Gasteiger partial charge in [-0.25, -0.2) is 0 Å². The summed E-state index contributed by atoms with van der Waals surface area (Å²) in [4.78, 5) is 0. The Bertz CT molecular complexity index is 57.1. The highest BCUT2D eigenvalue weighted by atomic mass is 32.2. The Kier molecular flexibility index (Phi) is 1.60. The molecule has 1 aliphatic rings. The standard InChI is InChI=1S/C5H10OS/c1-4-3-7-5(2)6-4/h4-5H,3H2,1-2H3/t4-,5-/m1/s1. The summed E-state index contributed by atoms with van der Waals surface area (Å²) in [6, 6.07) is 0. The van der Waals surface area contributed by atoms with Gasteiger partial charge in [0.25, 0.3) is 0 Å². The molecule has 1 rings (SSSR count). The van der Waals surface area contributed by atoms with E-state index in [2.05, 4.69) is 13.8 Å². The summed E-state index contributed by atoms with van der Waals surface area (Å²) >= 11 is 1.88. The van der Waals surface area contributed by atoms with Crippen LogP contribution < -0.4 is 0 Å². The predicted molar refractivity (Wildman–Crippen MR) is 32.5 cm³/mol. The van der Waals surface area contributed by atoms with Gasteiger partial charge in [-0.2, -0.15) is 0 Å². The van der Waals surface area contributed by atoms with Crippen molar-refractivity contribution < 1.29 is 4.74 Å². The average Bonchev–Trinajstić information content (AvgIpc) is 1.87. The lowest BCUT2D eigenvalue weighted by atomic mass is 10.5. The normalized spacial score (nSPS) is 42.0. The highest BCUT2D eigenvalue weighted by molar-refractivity contribution is 7.99. The first-order chi connectivity index (χ1) is 3.29. The van der Waals surface area contributed by atoms with Crippen LogP contribution in [-0.4, -0.2) is 17.3 Å².